The Kier molecular flexibility index (Phi) is 5.14. The van der Waals surface area contributed by atoms with Crippen LogP contribution in [0, 0.1) is 6.92 Å². The molecule has 1 unspecified atom stereocenters. The summed E-state index contributed by atoms with van der Waals surface area (Å²) in [5, 5.41) is 7.46. The van der Waals surface area contributed by atoms with Gasteiger partial charge in [0.15, 0.2) is 5.69 Å². The number of halogens is 1. The number of hydrogen-bond acceptors (Lipinski definition) is 4. The molecule has 0 saturated heterocycles. The third-order valence-corrected chi connectivity index (χ3v) is 4.20. The monoisotopic (exact) mass is 368 g/mol. The van der Waals surface area contributed by atoms with Crippen LogP contribution in [-0.2, 0) is 0 Å². The molecule has 2 aromatic heterocycles. The molecule has 0 radical (unpaired) electrons. The lowest BCUT2D eigenvalue weighted by Crippen LogP contribution is -2.33. The number of aryl methyl sites for hydroxylation is 1. The van der Waals surface area contributed by atoms with E-state index in [2.05, 4.69) is 15.4 Å². The van der Waals surface area contributed by atoms with Crippen molar-refractivity contribution < 1.29 is 4.79 Å². The van der Waals surface area contributed by atoms with Crippen molar-refractivity contribution >= 4 is 17.5 Å². The van der Waals surface area contributed by atoms with Crippen molar-refractivity contribution in [2.75, 3.05) is 0 Å². The summed E-state index contributed by atoms with van der Waals surface area (Å²) in [6.45, 7) is 3.52. The highest BCUT2D eigenvalue weighted by molar-refractivity contribution is 6.32. The maximum absolute atomic E-state index is 12.6. The number of nitrogens with one attached hydrogen (secondary N) is 1. The molecule has 0 fully saturated rings. The third-order valence-electron chi connectivity index (χ3n) is 3.88. The zero-order chi connectivity index (χ0) is 18.7. The molecule has 0 spiro atoms. The quantitative estimate of drug-likeness (QED) is 0.767. The standard InChI is InChI=1S/C19H17ClN4O2/c1-12-11-17(25)18(23-24(12)16-9-4-3-7-14(16)20)19(26)22-13(2)15-8-5-6-10-21-15/h3-11,13H,1-2H3,(H,22,26). The SMILES string of the molecule is Cc1cc(=O)c(C(=O)NC(C)c2ccccn2)nn1-c1ccccc1Cl. The molecule has 3 rings (SSSR count). The van der Waals surface area contributed by atoms with E-state index in [0.717, 1.165) is 0 Å². The minimum atomic E-state index is -0.561. The largest absolute Gasteiger partial charge is 0.342 e. The lowest BCUT2D eigenvalue weighted by molar-refractivity contribution is 0.0931. The molecule has 7 heteroatoms. The first kappa shape index (κ1) is 17.8. The Morgan fingerprint density at radius 3 is 2.62 bits per heavy atom. The number of amides is 1. The summed E-state index contributed by atoms with van der Waals surface area (Å²) in [6, 6.07) is 13.5. The molecule has 1 amide bonds. The Morgan fingerprint density at radius 1 is 1.19 bits per heavy atom. The van der Waals surface area contributed by atoms with Crippen LogP contribution in [0.4, 0.5) is 0 Å². The van der Waals surface area contributed by atoms with Crippen LogP contribution in [0.5, 0.6) is 0 Å². The fourth-order valence-electron chi connectivity index (χ4n) is 2.54. The summed E-state index contributed by atoms with van der Waals surface area (Å²) < 4.78 is 1.49. The van der Waals surface area contributed by atoms with Gasteiger partial charge in [0.2, 0.25) is 5.43 Å². The minimum absolute atomic E-state index is 0.196. The molecule has 0 aliphatic rings. The topological polar surface area (TPSA) is 76.9 Å². The Hall–Kier alpha value is -2.99. The van der Waals surface area contributed by atoms with E-state index in [4.69, 9.17) is 11.6 Å². The van der Waals surface area contributed by atoms with Gasteiger partial charge in [-0.15, -0.1) is 0 Å². The highest BCUT2D eigenvalue weighted by Crippen LogP contribution is 2.19. The van der Waals surface area contributed by atoms with Gasteiger partial charge in [0, 0.05) is 18.0 Å². The van der Waals surface area contributed by atoms with Crippen LogP contribution in [0.3, 0.4) is 0 Å². The molecule has 1 N–H and O–H groups in total. The van der Waals surface area contributed by atoms with Crippen LogP contribution in [0.15, 0.2) is 59.5 Å². The summed E-state index contributed by atoms with van der Waals surface area (Å²) in [5.41, 5.74) is 1.23. The minimum Gasteiger partial charge on any atom is -0.342 e. The smallest absolute Gasteiger partial charge is 0.276 e. The lowest BCUT2D eigenvalue weighted by Gasteiger charge is -2.15. The van der Waals surface area contributed by atoms with Crippen LogP contribution in [0.1, 0.15) is 34.8 Å². The number of carbonyl (C=O) groups excluding carboxylic acids is 1. The van der Waals surface area contributed by atoms with Crippen molar-refractivity contribution in [1.82, 2.24) is 20.1 Å². The summed E-state index contributed by atoms with van der Waals surface area (Å²) in [6.07, 6.45) is 1.65. The van der Waals surface area contributed by atoms with E-state index in [-0.39, 0.29) is 11.7 Å². The second kappa shape index (κ2) is 7.49. The number of para-hydroxylation sites is 1. The number of carbonyl (C=O) groups is 1. The van der Waals surface area contributed by atoms with E-state index in [1.54, 1.807) is 50.4 Å². The first-order valence-electron chi connectivity index (χ1n) is 8.05. The van der Waals surface area contributed by atoms with Crippen LogP contribution >= 0.6 is 11.6 Å². The third kappa shape index (κ3) is 3.65. The second-order valence-electron chi connectivity index (χ2n) is 5.81. The van der Waals surface area contributed by atoms with Gasteiger partial charge in [-0.25, -0.2) is 4.68 Å². The number of pyridine rings is 1. The van der Waals surface area contributed by atoms with Crippen LogP contribution in [0.2, 0.25) is 5.02 Å². The van der Waals surface area contributed by atoms with Crippen LogP contribution < -0.4 is 10.7 Å². The summed E-state index contributed by atoms with van der Waals surface area (Å²) >= 11 is 6.22. The molecule has 26 heavy (non-hydrogen) atoms. The van der Waals surface area contributed by atoms with Gasteiger partial charge < -0.3 is 5.32 Å². The summed E-state index contributed by atoms with van der Waals surface area (Å²) in [5.74, 6) is -0.561. The van der Waals surface area contributed by atoms with Gasteiger partial charge in [0.05, 0.1) is 22.4 Å². The molecule has 0 bridgehead atoms. The van der Waals surface area contributed by atoms with Gasteiger partial charge in [-0.3, -0.25) is 14.6 Å². The first-order valence-corrected chi connectivity index (χ1v) is 8.43. The van der Waals surface area contributed by atoms with Crippen LogP contribution in [-0.4, -0.2) is 20.7 Å². The zero-order valence-corrected chi connectivity index (χ0v) is 15.1. The van der Waals surface area contributed by atoms with E-state index in [1.807, 2.05) is 12.1 Å². The molecule has 0 aliphatic carbocycles. The lowest BCUT2D eigenvalue weighted by atomic mass is 10.2. The molecule has 0 saturated carbocycles. The number of hydrogen-bond donors (Lipinski definition) is 1. The van der Waals surface area contributed by atoms with Gasteiger partial charge in [-0.1, -0.05) is 29.8 Å². The van der Waals surface area contributed by atoms with Gasteiger partial charge in [0.1, 0.15) is 0 Å². The summed E-state index contributed by atoms with van der Waals surface area (Å²) in [7, 11) is 0. The van der Waals surface area contributed by atoms with Gasteiger partial charge in [-0.05, 0) is 38.1 Å². The summed E-state index contributed by atoms with van der Waals surface area (Å²) in [4.78, 5) is 29.1. The number of rotatable bonds is 4. The maximum atomic E-state index is 12.6. The molecule has 3 aromatic rings. The van der Waals surface area contributed by atoms with Crippen molar-refractivity contribution in [2.24, 2.45) is 0 Å². The average Bonchev–Trinajstić information content (AvgIpc) is 2.63. The first-order chi connectivity index (χ1) is 12.5. The van der Waals surface area contributed by atoms with Crippen molar-refractivity contribution in [2.45, 2.75) is 19.9 Å². The Balaban J connectivity index is 1.95. The van der Waals surface area contributed by atoms with E-state index in [9.17, 15) is 9.59 Å². The molecule has 0 aliphatic heterocycles. The van der Waals surface area contributed by atoms with Crippen molar-refractivity contribution in [3.8, 4) is 5.69 Å². The van der Waals surface area contributed by atoms with Gasteiger partial charge in [0.25, 0.3) is 5.91 Å². The van der Waals surface area contributed by atoms with Crippen LogP contribution in [0.25, 0.3) is 5.69 Å². The fourth-order valence-corrected chi connectivity index (χ4v) is 2.76. The molecule has 132 valence electrons. The van der Waals surface area contributed by atoms with E-state index in [1.165, 1.54) is 10.7 Å². The molecule has 6 nitrogen and oxygen atoms in total. The predicted molar refractivity (Wildman–Crippen MR) is 99.7 cm³/mol. The highest BCUT2D eigenvalue weighted by Gasteiger charge is 2.19. The second-order valence-corrected chi connectivity index (χ2v) is 6.22. The zero-order valence-electron chi connectivity index (χ0n) is 14.3. The van der Waals surface area contributed by atoms with Crippen molar-refractivity contribution in [3.05, 3.63) is 87.1 Å². The van der Waals surface area contributed by atoms with E-state index >= 15 is 0 Å². The highest BCUT2D eigenvalue weighted by atomic mass is 35.5. The van der Waals surface area contributed by atoms with Crippen molar-refractivity contribution in [1.29, 1.82) is 0 Å². The number of aromatic nitrogens is 3. The molecular weight excluding hydrogens is 352 g/mol. The Morgan fingerprint density at radius 2 is 1.92 bits per heavy atom. The molecule has 2 heterocycles. The van der Waals surface area contributed by atoms with Gasteiger partial charge in [-0.2, -0.15) is 5.10 Å². The maximum Gasteiger partial charge on any atom is 0.276 e. The van der Waals surface area contributed by atoms with Gasteiger partial charge >= 0.3 is 0 Å². The number of nitrogens with zero attached hydrogens (tertiary/aromatic N) is 3. The number of benzene rings is 1. The van der Waals surface area contributed by atoms with E-state index in [0.29, 0.717) is 22.1 Å². The Bertz CT molecular complexity index is 1000. The predicted octanol–water partition coefficient (Wildman–Crippen LogP) is 3.08. The fraction of sp³-hybridized carbons (Fsp3) is 0.158. The van der Waals surface area contributed by atoms with Crippen molar-refractivity contribution in [3.63, 3.8) is 0 Å². The van der Waals surface area contributed by atoms with E-state index < -0.39 is 11.3 Å². The molecular formula is C19H17ClN4O2. The Labute approximate surface area is 155 Å². The molecule has 1 aromatic carbocycles. The average molecular weight is 369 g/mol. The molecule has 1 atom stereocenters. The normalized spacial score (nSPS) is 11.8.